The van der Waals surface area contributed by atoms with Crippen molar-refractivity contribution in [1.82, 2.24) is 15.3 Å². The number of fused-ring (bicyclic) bond motifs is 1. The second-order valence-electron chi connectivity index (χ2n) is 5.12. The summed E-state index contributed by atoms with van der Waals surface area (Å²) in [7, 11) is 0. The quantitative estimate of drug-likeness (QED) is 0.766. The van der Waals surface area contributed by atoms with Gasteiger partial charge in [-0.15, -0.1) is 0 Å². The first kappa shape index (κ1) is 13.5. The number of imidazole rings is 1. The summed E-state index contributed by atoms with van der Waals surface area (Å²) in [6.45, 7) is 4.08. The lowest BCUT2D eigenvalue weighted by Gasteiger charge is -2.18. The summed E-state index contributed by atoms with van der Waals surface area (Å²) in [5, 5.41) is 12.1. The van der Waals surface area contributed by atoms with Crippen molar-refractivity contribution < 1.29 is 9.90 Å². The molecule has 1 aromatic carbocycles. The molecule has 0 aliphatic rings. The first-order valence-electron chi connectivity index (χ1n) is 6.45. The van der Waals surface area contributed by atoms with Crippen LogP contribution in [0.15, 0.2) is 24.5 Å². The molecule has 0 fully saturated rings. The van der Waals surface area contributed by atoms with Gasteiger partial charge in [0.1, 0.15) is 0 Å². The molecule has 0 bridgehead atoms. The summed E-state index contributed by atoms with van der Waals surface area (Å²) in [6.07, 6.45) is 2.36. The van der Waals surface area contributed by atoms with Crippen LogP contribution in [0.2, 0.25) is 0 Å². The molecular formula is C14H19N3O2. The summed E-state index contributed by atoms with van der Waals surface area (Å²) in [5.41, 5.74) is 2.23. The smallest absolute Gasteiger partial charge is 0.251 e. The van der Waals surface area contributed by atoms with E-state index in [2.05, 4.69) is 29.1 Å². The van der Waals surface area contributed by atoms with E-state index in [-0.39, 0.29) is 18.6 Å². The molecule has 0 saturated heterocycles. The fourth-order valence-corrected chi connectivity index (χ4v) is 2.09. The lowest BCUT2D eigenvalue weighted by atomic mass is 10.0. The van der Waals surface area contributed by atoms with Crippen LogP contribution in [-0.4, -0.2) is 33.6 Å². The Morgan fingerprint density at radius 2 is 2.26 bits per heavy atom. The molecule has 1 aromatic heterocycles. The van der Waals surface area contributed by atoms with Gasteiger partial charge in [-0.2, -0.15) is 0 Å². The highest BCUT2D eigenvalue weighted by Gasteiger charge is 2.14. The van der Waals surface area contributed by atoms with Gasteiger partial charge in [0.05, 0.1) is 30.0 Å². The number of benzene rings is 1. The van der Waals surface area contributed by atoms with Crippen LogP contribution in [0.1, 0.15) is 30.6 Å². The lowest BCUT2D eigenvalue weighted by Crippen LogP contribution is -2.38. The number of hydrogen-bond donors (Lipinski definition) is 3. The van der Waals surface area contributed by atoms with Gasteiger partial charge in [0, 0.05) is 5.56 Å². The van der Waals surface area contributed by atoms with Gasteiger partial charge in [-0.1, -0.05) is 13.8 Å². The number of carbonyl (C=O) groups is 1. The largest absolute Gasteiger partial charge is 0.394 e. The molecule has 0 spiro atoms. The molecule has 1 heterocycles. The molecule has 102 valence electrons. The minimum Gasteiger partial charge on any atom is -0.394 e. The summed E-state index contributed by atoms with van der Waals surface area (Å²) < 4.78 is 0. The molecular weight excluding hydrogens is 242 g/mol. The molecule has 0 saturated carbocycles. The van der Waals surface area contributed by atoms with Gasteiger partial charge in [-0.25, -0.2) is 4.98 Å². The van der Waals surface area contributed by atoms with Crippen LogP contribution in [-0.2, 0) is 0 Å². The average molecular weight is 261 g/mol. The van der Waals surface area contributed by atoms with Gasteiger partial charge in [-0.05, 0) is 30.5 Å². The van der Waals surface area contributed by atoms with Crippen LogP contribution in [0.5, 0.6) is 0 Å². The Balaban J connectivity index is 2.09. The first-order valence-corrected chi connectivity index (χ1v) is 6.45. The summed E-state index contributed by atoms with van der Waals surface area (Å²) in [6, 6.07) is 5.10. The van der Waals surface area contributed by atoms with Crippen LogP contribution in [0.4, 0.5) is 0 Å². The number of H-pyrrole nitrogens is 1. The van der Waals surface area contributed by atoms with Crippen LogP contribution < -0.4 is 5.32 Å². The monoisotopic (exact) mass is 261 g/mol. The highest BCUT2D eigenvalue weighted by Crippen LogP contribution is 2.12. The van der Waals surface area contributed by atoms with Gasteiger partial charge < -0.3 is 15.4 Å². The molecule has 0 aliphatic carbocycles. The van der Waals surface area contributed by atoms with Crippen molar-refractivity contribution in [3.63, 3.8) is 0 Å². The predicted octanol–water partition coefficient (Wildman–Crippen LogP) is 1.70. The number of nitrogens with zero attached hydrogens (tertiary/aromatic N) is 1. The molecule has 19 heavy (non-hydrogen) atoms. The first-order chi connectivity index (χ1) is 9.10. The molecule has 5 heteroatoms. The lowest BCUT2D eigenvalue weighted by molar-refractivity contribution is 0.0908. The Labute approximate surface area is 112 Å². The van der Waals surface area contributed by atoms with E-state index < -0.39 is 0 Å². The molecule has 0 radical (unpaired) electrons. The second-order valence-corrected chi connectivity index (χ2v) is 5.12. The third kappa shape index (κ3) is 3.32. The maximum atomic E-state index is 12.1. The summed E-state index contributed by atoms with van der Waals surface area (Å²) in [4.78, 5) is 19.2. The van der Waals surface area contributed by atoms with E-state index in [0.29, 0.717) is 11.5 Å². The minimum absolute atomic E-state index is 0.0454. The molecule has 3 N–H and O–H groups in total. The van der Waals surface area contributed by atoms with Crippen molar-refractivity contribution in [2.45, 2.75) is 26.3 Å². The Morgan fingerprint density at radius 3 is 2.95 bits per heavy atom. The van der Waals surface area contributed by atoms with Crippen LogP contribution in [0.3, 0.4) is 0 Å². The standard InChI is InChI=1S/C14H19N3O2/c1-9(2)5-11(7-18)17-14(19)10-3-4-12-13(6-10)16-8-15-12/h3-4,6,8-9,11,18H,5,7H2,1-2H3,(H,15,16)(H,17,19). The molecule has 1 unspecified atom stereocenters. The van der Waals surface area contributed by atoms with E-state index >= 15 is 0 Å². The number of rotatable bonds is 5. The van der Waals surface area contributed by atoms with Crippen LogP contribution >= 0.6 is 0 Å². The third-order valence-electron chi connectivity index (χ3n) is 2.99. The Kier molecular flexibility index (Phi) is 4.16. The minimum atomic E-state index is -0.204. The molecule has 5 nitrogen and oxygen atoms in total. The zero-order valence-corrected chi connectivity index (χ0v) is 11.2. The Hall–Kier alpha value is -1.88. The van der Waals surface area contributed by atoms with Crippen molar-refractivity contribution in [2.24, 2.45) is 5.92 Å². The number of amides is 1. The van der Waals surface area contributed by atoms with E-state index in [9.17, 15) is 9.90 Å². The van der Waals surface area contributed by atoms with Gasteiger partial charge in [0.2, 0.25) is 0 Å². The maximum Gasteiger partial charge on any atom is 0.251 e. The number of aliphatic hydroxyl groups excluding tert-OH is 1. The second kappa shape index (κ2) is 5.84. The highest BCUT2D eigenvalue weighted by molar-refractivity contribution is 5.97. The topological polar surface area (TPSA) is 78.0 Å². The van der Waals surface area contributed by atoms with E-state index in [4.69, 9.17) is 0 Å². The fourth-order valence-electron chi connectivity index (χ4n) is 2.09. The molecule has 2 aromatic rings. The van der Waals surface area contributed by atoms with Crippen molar-refractivity contribution in [1.29, 1.82) is 0 Å². The molecule has 1 atom stereocenters. The number of carbonyl (C=O) groups excluding carboxylic acids is 1. The summed E-state index contributed by atoms with van der Waals surface area (Å²) >= 11 is 0. The van der Waals surface area contributed by atoms with E-state index in [1.54, 1.807) is 24.5 Å². The number of aromatic amines is 1. The fraction of sp³-hybridized carbons (Fsp3) is 0.429. The van der Waals surface area contributed by atoms with E-state index in [1.807, 2.05) is 0 Å². The van der Waals surface area contributed by atoms with Crippen molar-refractivity contribution >= 4 is 16.9 Å². The number of hydrogen-bond acceptors (Lipinski definition) is 3. The Morgan fingerprint density at radius 1 is 1.47 bits per heavy atom. The predicted molar refractivity (Wildman–Crippen MR) is 73.9 cm³/mol. The van der Waals surface area contributed by atoms with E-state index in [1.165, 1.54) is 0 Å². The number of nitrogens with one attached hydrogen (secondary N) is 2. The van der Waals surface area contributed by atoms with Crippen molar-refractivity contribution in [2.75, 3.05) is 6.61 Å². The van der Waals surface area contributed by atoms with Crippen molar-refractivity contribution in [3.05, 3.63) is 30.1 Å². The zero-order valence-electron chi connectivity index (χ0n) is 11.2. The van der Waals surface area contributed by atoms with Gasteiger partial charge in [0.15, 0.2) is 0 Å². The third-order valence-corrected chi connectivity index (χ3v) is 2.99. The number of aromatic nitrogens is 2. The van der Waals surface area contributed by atoms with Gasteiger partial charge >= 0.3 is 0 Å². The number of aliphatic hydroxyl groups is 1. The van der Waals surface area contributed by atoms with E-state index in [0.717, 1.165) is 17.5 Å². The Bertz CT molecular complexity index is 563. The van der Waals surface area contributed by atoms with Gasteiger partial charge in [0.25, 0.3) is 5.91 Å². The molecule has 2 rings (SSSR count). The molecule has 0 aliphatic heterocycles. The molecule has 1 amide bonds. The maximum absolute atomic E-state index is 12.1. The SMILES string of the molecule is CC(C)CC(CO)NC(=O)c1ccc2nc[nH]c2c1. The van der Waals surface area contributed by atoms with Crippen LogP contribution in [0.25, 0.3) is 11.0 Å². The van der Waals surface area contributed by atoms with Crippen LogP contribution in [0, 0.1) is 5.92 Å². The normalized spacial score (nSPS) is 12.8. The zero-order chi connectivity index (χ0) is 13.8. The summed E-state index contributed by atoms with van der Waals surface area (Å²) in [5.74, 6) is 0.253. The van der Waals surface area contributed by atoms with Gasteiger partial charge in [-0.3, -0.25) is 4.79 Å². The average Bonchev–Trinajstić information content (AvgIpc) is 2.84. The highest BCUT2D eigenvalue weighted by atomic mass is 16.3. The van der Waals surface area contributed by atoms with Crippen molar-refractivity contribution in [3.8, 4) is 0 Å².